The van der Waals surface area contributed by atoms with Gasteiger partial charge in [-0.3, -0.25) is 9.59 Å². The lowest BCUT2D eigenvalue weighted by Crippen LogP contribution is -2.20. The first kappa shape index (κ1) is 20.5. The highest BCUT2D eigenvalue weighted by atomic mass is 16.5. The first-order chi connectivity index (χ1) is 12.8. The number of hydrogen-bond acceptors (Lipinski definition) is 3. The highest BCUT2D eigenvalue weighted by Gasteiger charge is 2.13. The summed E-state index contributed by atoms with van der Waals surface area (Å²) in [7, 11) is 0. The predicted molar refractivity (Wildman–Crippen MR) is 109 cm³/mol. The summed E-state index contributed by atoms with van der Waals surface area (Å²) in [6.07, 6.45) is 1.26. The van der Waals surface area contributed by atoms with Crippen molar-refractivity contribution in [3.8, 4) is 5.75 Å². The molecule has 144 valence electrons. The van der Waals surface area contributed by atoms with Crippen LogP contribution in [0.2, 0.25) is 0 Å². The number of anilines is 2. The maximum absolute atomic E-state index is 12.1. The van der Waals surface area contributed by atoms with Gasteiger partial charge in [-0.2, -0.15) is 0 Å². The van der Waals surface area contributed by atoms with E-state index in [1.54, 1.807) is 24.3 Å². The second kappa shape index (κ2) is 9.21. The molecule has 5 heteroatoms. The Balaban J connectivity index is 1.87. The third-order valence-corrected chi connectivity index (χ3v) is 4.00. The van der Waals surface area contributed by atoms with Gasteiger partial charge in [-0.1, -0.05) is 45.9 Å². The summed E-state index contributed by atoms with van der Waals surface area (Å²) in [4.78, 5) is 23.8. The van der Waals surface area contributed by atoms with E-state index in [9.17, 15) is 9.59 Å². The fourth-order valence-electron chi connectivity index (χ4n) is 2.52. The normalized spacial score (nSPS) is 11.0. The van der Waals surface area contributed by atoms with Crippen LogP contribution in [-0.2, 0) is 15.0 Å². The summed E-state index contributed by atoms with van der Waals surface area (Å²) in [6, 6.07) is 14.8. The number of benzene rings is 2. The van der Waals surface area contributed by atoms with Crippen LogP contribution in [0.1, 0.15) is 46.1 Å². The number of carbonyl (C=O) groups excluding carboxylic acids is 2. The molecule has 0 aliphatic heterocycles. The minimum Gasteiger partial charge on any atom is -0.484 e. The molecule has 2 amide bonds. The number of amides is 2. The molecule has 27 heavy (non-hydrogen) atoms. The first-order valence-corrected chi connectivity index (χ1v) is 9.21. The fraction of sp³-hybridized carbons (Fsp3) is 0.364. The van der Waals surface area contributed by atoms with Crippen LogP contribution in [-0.4, -0.2) is 18.4 Å². The van der Waals surface area contributed by atoms with Gasteiger partial charge in [-0.05, 0) is 47.7 Å². The molecule has 0 spiro atoms. The largest absolute Gasteiger partial charge is 0.484 e. The Bertz CT molecular complexity index is 777. The molecule has 0 atom stereocenters. The summed E-state index contributed by atoms with van der Waals surface area (Å²) in [5.41, 5.74) is 2.56. The lowest BCUT2D eigenvalue weighted by molar-refractivity contribution is -0.118. The van der Waals surface area contributed by atoms with Gasteiger partial charge in [0.15, 0.2) is 6.61 Å². The Morgan fingerprint density at radius 3 is 2.07 bits per heavy atom. The van der Waals surface area contributed by atoms with Crippen molar-refractivity contribution in [1.29, 1.82) is 0 Å². The monoisotopic (exact) mass is 368 g/mol. The van der Waals surface area contributed by atoms with Gasteiger partial charge >= 0.3 is 0 Å². The molecule has 2 rings (SSSR count). The average Bonchev–Trinajstić information content (AvgIpc) is 2.60. The Hall–Kier alpha value is -2.82. The van der Waals surface area contributed by atoms with Crippen molar-refractivity contribution >= 4 is 23.2 Å². The first-order valence-electron chi connectivity index (χ1n) is 9.21. The van der Waals surface area contributed by atoms with Crippen LogP contribution in [0.5, 0.6) is 5.75 Å². The Labute approximate surface area is 161 Å². The van der Waals surface area contributed by atoms with Crippen LogP contribution in [0, 0.1) is 0 Å². The lowest BCUT2D eigenvalue weighted by Gasteiger charge is -2.19. The van der Waals surface area contributed by atoms with Crippen molar-refractivity contribution in [1.82, 2.24) is 0 Å². The van der Waals surface area contributed by atoms with Crippen molar-refractivity contribution in [3.05, 3.63) is 54.1 Å². The second-order valence-corrected chi connectivity index (χ2v) is 7.49. The van der Waals surface area contributed by atoms with Crippen LogP contribution in [0.3, 0.4) is 0 Å². The average molecular weight is 368 g/mol. The molecule has 0 aromatic heterocycles. The minimum absolute atomic E-state index is 0.0389. The summed E-state index contributed by atoms with van der Waals surface area (Å²) in [5.74, 6) is 0.355. The van der Waals surface area contributed by atoms with E-state index in [-0.39, 0.29) is 23.8 Å². The zero-order valence-electron chi connectivity index (χ0n) is 16.5. The highest BCUT2D eigenvalue weighted by Crippen LogP contribution is 2.24. The van der Waals surface area contributed by atoms with Crippen LogP contribution in [0.25, 0.3) is 0 Å². The maximum atomic E-state index is 12.1. The molecule has 0 heterocycles. The molecule has 0 fully saturated rings. The van der Waals surface area contributed by atoms with Gasteiger partial charge in [0.2, 0.25) is 5.91 Å². The third-order valence-electron chi connectivity index (χ3n) is 4.00. The van der Waals surface area contributed by atoms with Gasteiger partial charge in [-0.25, -0.2) is 0 Å². The fourth-order valence-corrected chi connectivity index (χ4v) is 2.52. The van der Waals surface area contributed by atoms with E-state index >= 15 is 0 Å². The zero-order valence-corrected chi connectivity index (χ0v) is 16.5. The minimum atomic E-state index is -0.257. The number of rotatable bonds is 7. The van der Waals surface area contributed by atoms with Crippen molar-refractivity contribution < 1.29 is 14.3 Å². The summed E-state index contributed by atoms with van der Waals surface area (Å²) < 4.78 is 5.55. The smallest absolute Gasteiger partial charge is 0.262 e. The van der Waals surface area contributed by atoms with Gasteiger partial charge in [0.05, 0.1) is 0 Å². The number of ether oxygens (including phenoxy) is 1. The lowest BCUT2D eigenvalue weighted by atomic mass is 9.87. The van der Waals surface area contributed by atoms with Gasteiger partial charge in [0.1, 0.15) is 5.75 Å². The number of hydrogen-bond donors (Lipinski definition) is 2. The molecule has 0 aliphatic carbocycles. The van der Waals surface area contributed by atoms with E-state index in [2.05, 4.69) is 31.4 Å². The summed E-state index contributed by atoms with van der Waals surface area (Å²) >= 11 is 0. The Kier molecular flexibility index (Phi) is 6.99. The van der Waals surface area contributed by atoms with E-state index in [4.69, 9.17) is 4.74 Å². The van der Waals surface area contributed by atoms with Gasteiger partial charge in [-0.15, -0.1) is 0 Å². The van der Waals surface area contributed by atoms with Crippen LogP contribution >= 0.6 is 0 Å². The molecular weight excluding hydrogens is 340 g/mol. The van der Waals surface area contributed by atoms with Crippen molar-refractivity contribution in [3.63, 3.8) is 0 Å². The molecule has 0 bridgehead atoms. The maximum Gasteiger partial charge on any atom is 0.262 e. The highest BCUT2D eigenvalue weighted by molar-refractivity contribution is 5.94. The second-order valence-electron chi connectivity index (χ2n) is 7.49. The topological polar surface area (TPSA) is 67.4 Å². The molecular formula is C22H28N2O3. The Morgan fingerprint density at radius 1 is 0.926 bits per heavy atom. The van der Waals surface area contributed by atoms with E-state index in [0.717, 1.165) is 6.42 Å². The van der Waals surface area contributed by atoms with Crippen molar-refractivity contribution in [2.45, 2.75) is 46.0 Å². The summed E-state index contributed by atoms with van der Waals surface area (Å²) in [6.45, 7) is 8.31. The zero-order chi connectivity index (χ0) is 19.9. The van der Waals surface area contributed by atoms with E-state index in [0.29, 0.717) is 23.5 Å². The van der Waals surface area contributed by atoms with Gasteiger partial charge in [0.25, 0.3) is 5.91 Å². The van der Waals surface area contributed by atoms with Crippen LogP contribution in [0.4, 0.5) is 11.4 Å². The third kappa shape index (κ3) is 6.77. The predicted octanol–water partition coefficient (Wildman–Crippen LogP) is 4.74. The number of nitrogens with one attached hydrogen (secondary N) is 2. The molecule has 0 saturated carbocycles. The molecule has 0 saturated heterocycles. The molecule has 2 aromatic carbocycles. The van der Waals surface area contributed by atoms with Gasteiger partial charge < -0.3 is 15.4 Å². The van der Waals surface area contributed by atoms with Gasteiger partial charge in [0, 0.05) is 17.8 Å². The number of carbonyl (C=O) groups is 2. The van der Waals surface area contributed by atoms with E-state index in [1.165, 1.54) is 5.56 Å². The molecule has 0 aliphatic rings. The standard InChI is InChI=1S/C22H28N2O3/c1-5-7-20(25)23-17-8-6-9-18(14-17)24-21(26)15-27-19-12-10-16(11-13-19)22(2,3)4/h6,8-14H,5,7,15H2,1-4H3,(H,23,25)(H,24,26). The van der Waals surface area contributed by atoms with Crippen molar-refractivity contribution in [2.24, 2.45) is 0 Å². The SMILES string of the molecule is CCCC(=O)Nc1cccc(NC(=O)COc2ccc(C(C)(C)C)cc2)c1. The molecule has 2 aromatic rings. The molecule has 5 nitrogen and oxygen atoms in total. The van der Waals surface area contributed by atoms with E-state index in [1.807, 2.05) is 31.2 Å². The molecule has 0 radical (unpaired) electrons. The van der Waals surface area contributed by atoms with Crippen LogP contribution < -0.4 is 15.4 Å². The molecule has 0 unspecified atom stereocenters. The van der Waals surface area contributed by atoms with E-state index < -0.39 is 0 Å². The van der Waals surface area contributed by atoms with Crippen LogP contribution in [0.15, 0.2) is 48.5 Å². The quantitative estimate of drug-likeness (QED) is 0.742. The molecule has 2 N–H and O–H groups in total. The van der Waals surface area contributed by atoms with Crippen molar-refractivity contribution in [2.75, 3.05) is 17.2 Å². The summed E-state index contributed by atoms with van der Waals surface area (Å²) in [5, 5.41) is 5.59. The Morgan fingerprint density at radius 2 is 1.52 bits per heavy atom.